The first-order valence-corrected chi connectivity index (χ1v) is 9.26. The van der Waals surface area contributed by atoms with Crippen molar-refractivity contribution in [1.29, 1.82) is 0 Å². The van der Waals surface area contributed by atoms with Crippen LogP contribution in [0.25, 0.3) is 17.1 Å². The fourth-order valence-electron chi connectivity index (χ4n) is 3.11. The van der Waals surface area contributed by atoms with E-state index >= 15 is 0 Å². The maximum Gasteiger partial charge on any atom is 0.310 e. The minimum atomic E-state index is -0.372. The summed E-state index contributed by atoms with van der Waals surface area (Å²) >= 11 is 0. The average molecular weight is 388 g/mol. The summed E-state index contributed by atoms with van der Waals surface area (Å²) < 4.78 is 12.3. The Labute approximate surface area is 167 Å². The number of carbonyl (C=O) groups excluding carboxylic acids is 1. The van der Waals surface area contributed by atoms with E-state index in [0.29, 0.717) is 5.82 Å². The van der Waals surface area contributed by atoms with Crippen LogP contribution in [0.5, 0.6) is 0 Å². The number of rotatable bonds is 6. The quantitative estimate of drug-likeness (QED) is 0.467. The summed E-state index contributed by atoms with van der Waals surface area (Å²) in [6.45, 7) is 3.77. The van der Waals surface area contributed by atoms with E-state index in [1.54, 1.807) is 0 Å². The number of aryl methyl sites for hydroxylation is 1. The third-order valence-corrected chi connectivity index (χ3v) is 4.62. The van der Waals surface area contributed by atoms with Crippen LogP contribution in [-0.2, 0) is 22.6 Å². The van der Waals surface area contributed by atoms with Crippen molar-refractivity contribution in [3.05, 3.63) is 83.5 Å². The summed E-state index contributed by atoms with van der Waals surface area (Å²) in [5.41, 5.74) is 4.36. The van der Waals surface area contributed by atoms with E-state index in [9.17, 15) is 4.79 Å². The summed E-state index contributed by atoms with van der Waals surface area (Å²) in [5, 5.41) is 8.48. The molecule has 146 valence electrons. The van der Waals surface area contributed by atoms with Gasteiger partial charge >= 0.3 is 5.97 Å². The lowest BCUT2D eigenvalue weighted by Gasteiger charge is -2.05. The van der Waals surface area contributed by atoms with Gasteiger partial charge in [0.2, 0.25) is 5.82 Å². The largest absolute Gasteiger partial charge is 0.455 e. The SMILES string of the molecule is Cc1nn(-c2ccccc2)c(C)c1CC(=O)OCc1nc(-c2ccccc2)no1. The average Bonchev–Trinajstić information content (AvgIpc) is 3.34. The van der Waals surface area contributed by atoms with E-state index in [1.807, 2.05) is 79.2 Å². The normalized spacial score (nSPS) is 10.8. The number of ether oxygens (including phenoxy) is 1. The molecule has 2 heterocycles. The number of benzene rings is 2. The molecule has 0 fully saturated rings. The van der Waals surface area contributed by atoms with Gasteiger partial charge < -0.3 is 9.26 Å². The van der Waals surface area contributed by atoms with Gasteiger partial charge in [-0.15, -0.1) is 0 Å². The Kier molecular flexibility index (Phi) is 5.20. The summed E-state index contributed by atoms with van der Waals surface area (Å²) in [7, 11) is 0. The van der Waals surface area contributed by atoms with Crippen LogP contribution >= 0.6 is 0 Å². The Hall–Kier alpha value is -3.74. The van der Waals surface area contributed by atoms with Crippen LogP contribution in [0.4, 0.5) is 0 Å². The molecule has 0 radical (unpaired) electrons. The predicted octanol–water partition coefficient (Wildman–Crippen LogP) is 3.83. The number of nitrogens with zero attached hydrogens (tertiary/aromatic N) is 4. The van der Waals surface area contributed by atoms with Crippen LogP contribution in [0, 0.1) is 13.8 Å². The van der Waals surface area contributed by atoms with Crippen molar-refractivity contribution in [3.8, 4) is 17.1 Å². The van der Waals surface area contributed by atoms with Gasteiger partial charge in [-0.25, -0.2) is 4.68 Å². The molecule has 2 aromatic carbocycles. The second-order valence-corrected chi connectivity index (χ2v) is 6.61. The van der Waals surface area contributed by atoms with Gasteiger partial charge in [0.25, 0.3) is 5.89 Å². The molecular weight excluding hydrogens is 368 g/mol. The molecule has 0 aliphatic rings. The van der Waals surface area contributed by atoms with Crippen molar-refractivity contribution in [2.75, 3.05) is 0 Å². The molecule has 0 saturated heterocycles. The molecule has 4 rings (SSSR count). The second-order valence-electron chi connectivity index (χ2n) is 6.61. The van der Waals surface area contributed by atoms with Crippen molar-refractivity contribution in [1.82, 2.24) is 19.9 Å². The van der Waals surface area contributed by atoms with Gasteiger partial charge in [0.15, 0.2) is 6.61 Å². The zero-order chi connectivity index (χ0) is 20.2. The van der Waals surface area contributed by atoms with Gasteiger partial charge in [0.05, 0.1) is 17.8 Å². The number of esters is 1. The maximum absolute atomic E-state index is 12.4. The molecule has 0 aliphatic heterocycles. The smallest absolute Gasteiger partial charge is 0.310 e. The molecule has 0 spiro atoms. The molecular formula is C22H20N4O3. The number of para-hydroxylation sites is 1. The molecule has 29 heavy (non-hydrogen) atoms. The van der Waals surface area contributed by atoms with Gasteiger partial charge in [-0.1, -0.05) is 53.7 Å². The standard InChI is InChI=1S/C22H20N4O3/c1-15-19(16(2)26(24-15)18-11-7-4-8-12-18)13-21(27)28-14-20-23-22(25-29-20)17-9-5-3-6-10-17/h3-12H,13-14H2,1-2H3. The van der Waals surface area contributed by atoms with Crippen LogP contribution in [0.15, 0.2) is 65.2 Å². The molecule has 0 saturated carbocycles. The molecule has 0 bridgehead atoms. The lowest BCUT2D eigenvalue weighted by atomic mass is 10.1. The van der Waals surface area contributed by atoms with Gasteiger partial charge in [0, 0.05) is 16.8 Å². The molecule has 0 N–H and O–H groups in total. The van der Waals surface area contributed by atoms with Crippen LogP contribution < -0.4 is 0 Å². The van der Waals surface area contributed by atoms with Crippen molar-refractivity contribution in [3.63, 3.8) is 0 Å². The minimum absolute atomic E-state index is 0.0659. The zero-order valence-electron chi connectivity index (χ0n) is 16.2. The van der Waals surface area contributed by atoms with Crippen LogP contribution in [0.3, 0.4) is 0 Å². The summed E-state index contributed by atoms with van der Waals surface area (Å²) in [6, 6.07) is 19.3. The fourth-order valence-corrected chi connectivity index (χ4v) is 3.11. The summed E-state index contributed by atoms with van der Waals surface area (Å²) in [6.07, 6.45) is 0.129. The Morgan fingerprint density at radius 3 is 2.45 bits per heavy atom. The van der Waals surface area contributed by atoms with Crippen molar-refractivity contribution in [2.45, 2.75) is 26.9 Å². The minimum Gasteiger partial charge on any atom is -0.455 e. The third-order valence-electron chi connectivity index (χ3n) is 4.62. The molecule has 7 nitrogen and oxygen atoms in total. The zero-order valence-corrected chi connectivity index (χ0v) is 16.2. The Bertz CT molecular complexity index is 1120. The molecule has 0 aliphatic carbocycles. The topological polar surface area (TPSA) is 83.0 Å². The molecule has 0 unspecified atom stereocenters. The van der Waals surface area contributed by atoms with Crippen molar-refractivity contribution in [2.24, 2.45) is 0 Å². The highest BCUT2D eigenvalue weighted by atomic mass is 16.6. The van der Waals surface area contributed by atoms with E-state index in [0.717, 1.165) is 28.2 Å². The molecule has 4 aromatic rings. The highest BCUT2D eigenvalue weighted by Gasteiger charge is 2.18. The summed E-state index contributed by atoms with van der Waals surface area (Å²) in [4.78, 5) is 16.6. The van der Waals surface area contributed by atoms with E-state index in [4.69, 9.17) is 9.26 Å². The van der Waals surface area contributed by atoms with Gasteiger partial charge in [-0.05, 0) is 26.0 Å². The summed E-state index contributed by atoms with van der Waals surface area (Å²) in [5.74, 6) is 0.348. The van der Waals surface area contributed by atoms with Crippen LogP contribution in [0.1, 0.15) is 22.8 Å². The lowest BCUT2D eigenvalue weighted by Crippen LogP contribution is -2.09. The number of carbonyl (C=O) groups is 1. The molecule has 0 atom stereocenters. The molecule has 2 aromatic heterocycles. The van der Waals surface area contributed by atoms with Crippen LogP contribution in [-0.4, -0.2) is 25.9 Å². The van der Waals surface area contributed by atoms with Crippen molar-refractivity contribution >= 4 is 5.97 Å². The Balaban J connectivity index is 1.41. The first-order valence-electron chi connectivity index (χ1n) is 9.26. The number of aromatic nitrogens is 4. The van der Waals surface area contributed by atoms with Gasteiger partial charge in [-0.3, -0.25) is 4.79 Å². The lowest BCUT2D eigenvalue weighted by molar-refractivity contribution is -0.144. The number of hydrogen-bond donors (Lipinski definition) is 0. The first-order chi connectivity index (χ1) is 14.1. The van der Waals surface area contributed by atoms with E-state index < -0.39 is 0 Å². The van der Waals surface area contributed by atoms with Gasteiger partial charge in [0.1, 0.15) is 0 Å². The maximum atomic E-state index is 12.4. The molecule has 7 heteroatoms. The third kappa shape index (κ3) is 4.08. The predicted molar refractivity (Wildman–Crippen MR) is 106 cm³/mol. The van der Waals surface area contributed by atoms with Crippen molar-refractivity contribution < 1.29 is 14.1 Å². The molecule has 0 amide bonds. The Morgan fingerprint density at radius 1 is 1.03 bits per heavy atom. The highest BCUT2D eigenvalue weighted by Crippen LogP contribution is 2.19. The second kappa shape index (κ2) is 8.10. The Morgan fingerprint density at radius 2 is 1.72 bits per heavy atom. The van der Waals surface area contributed by atoms with E-state index in [1.165, 1.54) is 0 Å². The highest BCUT2D eigenvalue weighted by molar-refractivity contribution is 5.73. The van der Waals surface area contributed by atoms with E-state index in [-0.39, 0.29) is 24.9 Å². The number of hydrogen-bond acceptors (Lipinski definition) is 6. The first kappa shape index (κ1) is 18.6. The van der Waals surface area contributed by atoms with Crippen LogP contribution in [0.2, 0.25) is 0 Å². The van der Waals surface area contributed by atoms with E-state index in [2.05, 4.69) is 15.2 Å². The van der Waals surface area contributed by atoms with Gasteiger partial charge in [-0.2, -0.15) is 10.1 Å². The monoisotopic (exact) mass is 388 g/mol. The fraction of sp³-hybridized carbons (Fsp3) is 0.182.